The summed E-state index contributed by atoms with van der Waals surface area (Å²) >= 11 is 0. The topological polar surface area (TPSA) is 64.7 Å². The summed E-state index contributed by atoms with van der Waals surface area (Å²) in [6, 6.07) is 10.1. The van der Waals surface area contributed by atoms with Crippen molar-refractivity contribution in [3.8, 4) is 0 Å². The van der Waals surface area contributed by atoms with Gasteiger partial charge in [0.15, 0.2) is 17.5 Å². The monoisotopic (exact) mass is 420 g/mol. The maximum Gasteiger partial charge on any atom is 0.318 e. The molecule has 0 saturated carbocycles. The minimum absolute atomic E-state index is 0.230. The van der Waals surface area contributed by atoms with Crippen molar-refractivity contribution in [3.05, 3.63) is 65.5 Å². The van der Waals surface area contributed by atoms with Crippen LogP contribution in [0.2, 0.25) is 0 Å². The largest absolute Gasteiger partial charge is 0.326 e. The lowest BCUT2D eigenvalue weighted by Crippen LogP contribution is -2.54. The Balaban J connectivity index is 1.47. The minimum Gasteiger partial charge on any atom is -0.326 e. The second-order valence-electron chi connectivity index (χ2n) is 7.16. The fourth-order valence-electron chi connectivity index (χ4n) is 3.17. The summed E-state index contributed by atoms with van der Waals surface area (Å²) in [7, 11) is 0. The molecule has 0 aromatic heterocycles. The van der Waals surface area contributed by atoms with Crippen LogP contribution in [-0.2, 0) is 11.3 Å². The summed E-state index contributed by atoms with van der Waals surface area (Å²) < 4.78 is 39.5. The summed E-state index contributed by atoms with van der Waals surface area (Å²) in [6.45, 7) is 4.70. The van der Waals surface area contributed by atoms with Crippen molar-refractivity contribution >= 4 is 17.6 Å². The molecule has 0 radical (unpaired) electrons. The van der Waals surface area contributed by atoms with Gasteiger partial charge in [0.1, 0.15) is 6.04 Å². The van der Waals surface area contributed by atoms with Crippen LogP contribution in [0.1, 0.15) is 12.5 Å². The third-order valence-corrected chi connectivity index (χ3v) is 4.89. The van der Waals surface area contributed by atoms with E-state index in [0.29, 0.717) is 38.3 Å². The molecule has 30 heavy (non-hydrogen) atoms. The molecule has 1 saturated heterocycles. The molecular weight excluding hydrogens is 397 g/mol. The van der Waals surface area contributed by atoms with Gasteiger partial charge in [-0.05, 0) is 12.5 Å². The van der Waals surface area contributed by atoms with Crippen molar-refractivity contribution in [2.24, 2.45) is 0 Å². The molecule has 2 aromatic carbocycles. The van der Waals surface area contributed by atoms with Crippen LogP contribution in [-0.4, -0.2) is 54.0 Å². The van der Waals surface area contributed by atoms with Crippen molar-refractivity contribution in [1.29, 1.82) is 0 Å². The lowest BCUT2D eigenvalue weighted by molar-refractivity contribution is -0.117. The van der Waals surface area contributed by atoms with Crippen LogP contribution >= 0.6 is 0 Å². The van der Waals surface area contributed by atoms with Gasteiger partial charge in [0.05, 0.1) is 0 Å². The Kier molecular flexibility index (Phi) is 6.94. The van der Waals surface area contributed by atoms with Gasteiger partial charge in [-0.3, -0.25) is 9.69 Å². The third kappa shape index (κ3) is 5.50. The van der Waals surface area contributed by atoms with E-state index >= 15 is 0 Å². The molecule has 0 bridgehead atoms. The second kappa shape index (κ2) is 9.62. The number of nitrogens with one attached hydrogen (secondary N) is 2. The van der Waals surface area contributed by atoms with E-state index in [2.05, 4.69) is 27.7 Å². The number of carbonyl (C=O) groups is 2. The average Bonchev–Trinajstić information content (AvgIpc) is 2.73. The molecule has 1 fully saturated rings. The van der Waals surface area contributed by atoms with Crippen molar-refractivity contribution in [2.45, 2.75) is 19.5 Å². The highest BCUT2D eigenvalue weighted by atomic mass is 19.2. The highest BCUT2D eigenvalue weighted by molar-refractivity contribution is 5.96. The quantitative estimate of drug-likeness (QED) is 0.731. The second-order valence-corrected chi connectivity index (χ2v) is 7.16. The lowest BCUT2D eigenvalue weighted by Gasteiger charge is -2.35. The molecule has 1 aliphatic rings. The fourth-order valence-corrected chi connectivity index (χ4v) is 3.17. The molecule has 0 spiro atoms. The Bertz CT molecular complexity index is 879. The van der Waals surface area contributed by atoms with E-state index in [-0.39, 0.29) is 5.69 Å². The Morgan fingerprint density at radius 2 is 1.60 bits per heavy atom. The predicted molar refractivity (Wildman–Crippen MR) is 106 cm³/mol. The molecule has 0 unspecified atom stereocenters. The number of amides is 3. The predicted octanol–water partition coefficient (Wildman–Crippen LogP) is 2.96. The lowest BCUT2D eigenvalue weighted by atomic mass is 10.2. The molecule has 6 nitrogen and oxygen atoms in total. The summed E-state index contributed by atoms with van der Waals surface area (Å²) in [6.07, 6.45) is 0. The van der Waals surface area contributed by atoms with Gasteiger partial charge in [0.25, 0.3) is 0 Å². The summed E-state index contributed by atoms with van der Waals surface area (Å²) in [5.74, 6) is -5.09. The number of halogens is 3. The number of carbonyl (C=O) groups excluding carboxylic acids is 2. The van der Waals surface area contributed by atoms with Crippen LogP contribution in [0.15, 0.2) is 42.5 Å². The van der Waals surface area contributed by atoms with Crippen LogP contribution in [0.5, 0.6) is 0 Å². The van der Waals surface area contributed by atoms with E-state index < -0.39 is 35.4 Å². The zero-order chi connectivity index (χ0) is 21.7. The van der Waals surface area contributed by atoms with Crippen LogP contribution in [0.3, 0.4) is 0 Å². The zero-order valence-electron chi connectivity index (χ0n) is 16.5. The van der Waals surface area contributed by atoms with E-state index in [0.717, 1.165) is 6.54 Å². The Hall–Kier alpha value is -3.07. The molecule has 3 rings (SSSR count). The number of rotatable bonds is 5. The van der Waals surface area contributed by atoms with E-state index in [4.69, 9.17) is 0 Å². The Morgan fingerprint density at radius 3 is 2.20 bits per heavy atom. The minimum atomic E-state index is -1.61. The first-order valence-corrected chi connectivity index (χ1v) is 9.60. The highest BCUT2D eigenvalue weighted by Gasteiger charge is 2.24. The number of anilines is 1. The summed E-state index contributed by atoms with van der Waals surface area (Å²) in [4.78, 5) is 28.5. The van der Waals surface area contributed by atoms with E-state index in [1.165, 1.54) is 12.5 Å². The number of urea groups is 1. The first kappa shape index (κ1) is 21.6. The SMILES string of the molecule is C[C@H](NC(=O)N1CCN(Cc2ccccc2)CC1)C(=O)Nc1cc(F)c(F)c(F)c1. The number of piperazine rings is 1. The van der Waals surface area contributed by atoms with Crippen LogP contribution < -0.4 is 10.6 Å². The Labute approximate surface area is 172 Å². The molecule has 160 valence electrons. The molecule has 1 heterocycles. The molecule has 9 heteroatoms. The molecule has 0 aliphatic carbocycles. The maximum absolute atomic E-state index is 13.3. The standard InChI is InChI=1S/C21H23F3N4O2/c1-14(20(29)26-16-11-17(22)19(24)18(23)12-16)25-21(30)28-9-7-27(8-10-28)13-15-5-3-2-4-6-15/h2-6,11-12,14H,7-10,13H2,1H3,(H,25,30)(H,26,29)/t14-/m0/s1. The number of hydrogen-bond donors (Lipinski definition) is 2. The molecule has 2 aromatic rings. The van der Waals surface area contributed by atoms with E-state index in [1.54, 1.807) is 4.90 Å². The average molecular weight is 420 g/mol. The van der Waals surface area contributed by atoms with Gasteiger partial charge in [-0.25, -0.2) is 18.0 Å². The zero-order valence-corrected chi connectivity index (χ0v) is 16.5. The van der Waals surface area contributed by atoms with Gasteiger partial charge in [-0.2, -0.15) is 0 Å². The first-order chi connectivity index (χ1) is 14.3. The molecule has 1 aliphatic heterocycles. The van der Waals surface area contributed by atoms with E-state index in [1.807, 2.05) is 18.2 Å². The smallest absolute Gasteiger partial charge is 0.318 e. The number of hydrogen-bond acceptors (Lipinski definition) is 3. The van der Waals surface area contributed by atoms with Crippen LogP contribution in [0.25, 0.3) is 0 Å². The van der Waals surface area contributed by atoms with Gasteiger partial charge in [-0.15, -0.1) is 0 Å². The van der Waals surface area contributed by atoms with Crippen molar-refractivity contribution in [1.82, 2.24) is 15.1 Å². The van der Waals surface area contributed by atoms with Gasteiger partial charge in [0, 0.05) is 50.5 Å². The van der Waals surface area contributed by atoms with Gasteiger partial charge in [-0.1, -0.05) is 30.3 Å². The summed E-state index contributed by atoms with van der Waals surface area (Å²) in [5.41, 5.74) is 0.974. The van der Waals surface area contributed by atoms with Crippen LogP contribution in [0.4, 0.5) is 23.7 Å². The normalized spacial score (nSPS) is 15.5. The Morgan fingerprint density at radius 1 is 1.00 bits per heavy atom. The molecule has 2 N–H and O–H groups in total. The van der Waals surface area contributed by atoms with Crippen molar-refractivity contribution < 1.29 is 22.8 Å². The molecule has 3 amide bonds. The number of benzene rings is 2. The van der Waals surface area contributed by atoms with Gasteiger partial charge < -0.3 is 15.5 Å². The molecule has 1 atom stereocenters. The van der Waals surface area contributed by atoms with Crippen LogP contribution in [0, 0.1) is 17.5 Å². The van der Waals surface area contributed by atoms with Crippen molar-refractivity contribution in [3.63, 3.8) is 0 Å². The third-order valence-electron chi connectivity index (χ3n) is 4.89. The first-order valence-electron chi connectivity index (χ1n) is 9.60. The molecular formula is C21H23F3N4O2. The van der Waals surface area contributed by atoms with Crippen molar-refractivity contribution in [2.75, 3.05) is 31.5 Å². The van der Waals surface area contributed by atoms with Gasteiger partial charge in [0.2, 0.25) is 5.91 Å². The van der Waals surface area contributed by atoms with Gasteiger partial charge >= 0.3 is 6.03 Å². The summed E-state index contributed by atoms with van der Waals surface area (Å²) in [5, 5.41) is 4.84. The maximum atomic E-state index is 13.3. The van der Waals surface area contributed by atoms with E-state index in [9.17, 15) is 22.8 Å². The highest BCUT2D eigenvalue weighted by Crippen LogP contribution is 2.17. The fraction of sp³-hybridized carbons (Fsp3) is 0.333. The number of nitrogens with zero attached hydrogens (tertiary/aromatic N) is 2.